The molecule has 0 amide bonds. The lowest BCUT2D eigenvalue weighted by Crippen LogP contribution is -2.03. The van der Waals surface area contributed by atoms with Gasteiger partial charge in [0, 0.05) is 11.9 Å². The third kappa shape index (κ3) is 3.64. The number of halogens is 1. The monoisotopic (exact) mass is 290 g/mol. The van der Waals surface area contributed by atoms with Crippen molar-refractivity contribution in [2.45, 2.75) is 25.6 Å². The summed E-state index contributed by atoms with van der Waals surface area (Å²) in [5.41, 5.74) is 2.00. The van der Waals surface area contributed by atoms with Gasteiger partial charge in [-0.15, -0.1) is 11.6 Å². The first-order valence-corrected chi connectivity index (χ1v) is 7.24. The van der Waals surface area contributed by atoms with E-state index in [1.54, 1.807) is 6.20 Å². The van der Waals surface area contributed by atoms with Crippen LogP contribution in [0.3, 0.4) is 0 Å². The van der Waals surface area contributed by atoms with Crippen LogP contribution in [0.25, 0.3) is 0 Å². The van der Waals surface area contributed by atoms with Gasteiger partial charge < -0.3 is 10.1 Å². The Morgan fingerprint density at radius 2 is 2.05 bits per heavy atom. The van der Waals surface area contributed by atoms with Gasteiger partial charge in [0.2, 0.25) is 0 Å². The SMILES string of the molecule is CCCOc1cccnc1Nc1ccccc1C(C)Cl. The predicted molar refractivity (Wildman–Crippen MR) is 84.0 cm³/mol. The van der Waals surface area contributed by atoms with Crippen LogP contribution >= 0.6 is 11.6 Å². The maximum absolute atomic E-state index is 6.21. The molecule has 0 aliphatic heterocycles. The standard InChI is InChI=1S/C16H19ClN2O/c1-3-11-20-15-9-6-10-18-16(15)19-14-8-5-4-7-13(14)12(2)17/h4-10,12H,3,11H2,1-2H3,(H,18,19). The van der Waals surface area contributed by atoms with Crippen molar-refractivity contribution in [2.24, 2.45) is 0 Å². The second-order valence-electron chi connectivity index (χ2n) is 4.53. The number of para-hydroxylation sites is 1. The van der Waals surface area contributed by atoms with Crippen LogP contribution in [0.5, 0.6) is 5.75 Å². The van der Waals surface area contributed by atoms with E-state index in [4.69, 9.17) is 16.3 Å². The summed E-state index contributed by atoms with van der Waals surface area (Å²) in [5, 5.41) is 3.24. The molecule has 1 atom stereocenters. The molecule has 0 aliphatic rings. The van der Waals surface area contributed by atoms with E-state index in [-0.39, 0.29) is 5.38 Å². The number of benzene rings is 1. The lowest BCUT2D eigenvalue weighted by molar-refractivity contribution is 0.318. The topological polar surface area (TPSA) is 34.1 Å². The van der Waals surface area contributed by atoms with Gasteiger partial charge in [0.15, 0.2) is 11.6 Å². The molecule has 3 nitrogen and oxygen atoms in total. The Hall–Kier alpha value is -1.74. The normalized spacial score (nSPS) is 11.9. The fraction of sp³-hybridized carbons (Fsp3) is 0.312. The van der Waals surface area contributed by atoms with Gasteiger partial charge in [-0.05, 0) is 37.1 Å². The number of nitrogens with one attached hydrogen (secondary N) is 1. The van der Waals surface area contributed by atoms with Gasteiger partial charge >= 0.3 is 0 Å². The Morgan fingerprint density at radius 3 is 2.80 bits per heavy atom. The Bertz CT molecular complexity index is 558. The molecule has 2 rings (SSSR count). The number of hydrogen-bond acceptors (Lipinski definition) is 3. The average molecular weight is 291 g/mol. The second kappa shape index (κ2) is 7.15. The maximum Gasteiger partial charge on any atom is 0.173 e. The third-order valence-electron chi connectivity index (χ3n) is 2.87. The maximum atomic E-state index is 6.21. The molecule has 0 saturated heterocycles. The van der Waals surface area contributed by atoms with E-state index in [0.717, 1.165) is 23.4 Å². The van der Waals surface area contributed by atoms with Crippen LogP contribution in [-0.2, 0) is 0 Å². The molecule has 0 fully saturated rings. The molecule has 0 radical (unpaired) electrons. The van der Waals surface area contributed by atoms with Crippen molar-refractivity contribution in [3.05, 3.63) is 48.2 Å². The van der Waals surface area contributed by atoms with E-state index in [0.29, 0.717) is 12.4 Å². The smallest absolute Gasteiger partial charge is 0.173 e. The fourth-order valence-electron chi connectivity index (χ4n) is 1.90. The first kappa shape index (κ1) is 14.7. The number of anilines is 2. The Kier molecular flexibility index (Phi) is 5.24. The lowest BCUT2D eigenvalue weighted by atomic mass is 10.1. The van der Waals surface area contributed by atoms with Crippen LogP contribution in [-0.4, -0.2) is 11.6 Å². The van der Waals surface area contributed by atoms with Crippen LogP contribution in [0, 0.1) is 0 Å². The number of ether oxygens (including phenoxy) is 1. The summed E-state index contributed by atoms with van der Waals surface area (Å²) in [4.78, 5) is 4.35. The zero-order chi connectivity index (χ0) is 14.4. The molecule has 4 heteroatoms. The molecule has 1 unspecified atom stereocenters. The molecule has 1 aromatic carbocycles. The highest BCUT2D eigenvalue weighted by atomic mass is 35.5. The molecule has 1 aromatic heterocycles. The molecule has 1 heterocycles. The van der Waals surface area contributed by atoms with Gasteiger partial charge in [-0.25, -0.2) is 4.98 Å². The summed E-state index contributed by atoms with van der Waals surface area (Å²) in [6.45, 7) is 4.71. The average Bonchev–Trinajstić information content (AvgIpc) is 2.47. The van der Waals surface area contributed by atoms with Crippen LogP contribution in [0.15, 0.2) is 42.6 Å². The molecule has 0 aliphatic carbocycles. The van der Waals surface area contributed by atoms with E-state index in [9.17, 15) is 0 Å². The first-order valence-electron chi connectivity index (χ1n) is 6.80. The summed E-state index contributed by atoms with van der Waals surface area (Å²) in [5.74, 6) is 1.47. The Labute approximate surface area is 124 Å². The minimum Gasteiger partial charge on any atom is -0.490 e. The molecule has 0 saturated carbocycles. The van der Waals surface area contributed by atoms with Crippen molar-refractivity contribution in [1.82, 2.24) is 4.98 Å². The van der Waals surface area contributed by atoms with Crippen LogP contribution in [0.1, 0.15) is 31.2 Å². The fourth-order valence-corrected chi connectivity index (χ4v) is 2.09. The quantitative estimate of drug-likeness (QED) is 0.767. The van der Waals surface area contributed by atoms with Gasteiger partial charge in [0.05, 0.1) is 12.0 Å². The van der Waals surface area contributed by atoms with Crippen LogP contribution in [0.2, 0.25) is 0 Å². The van der Waals surface area contributed by atoms with E-state index in [1.165, 1.54) is 0 Å². The number of alkyl halides is 1. The summed E-state index contributed by atoms with van der Waals surface area (Å²) in [7, 11) is 0. The van der Waals surface area contributed by atoms with Crippen molar-refractivity contribution in [1.29, 1.82) is 0 Å². The number of rotatable bonds is 6. The predicted octanol–water partition coefficient (Wildman–Crippen LogP) is 4.91. The number of pyridine rings is 1. The van der Waals surface area contributed by atoms with E-state index >= 15 is 0 Å². The minimum atomic E-state index is -0.0672. The summed E-state index contributed by atoms with van der Waals surface area (Å²) in [6.07, 6.45) is 2.71. The van der Waals surface area contributed by atoms with Crippen molar-refractivity contribution >= 4 is 23.1 Å². The van der Waals surface area contributed by atoms with E-state index < -0.39 is 0 Å². The number of aromatic nitrogens is 1. The minimum absolute atomic E-state index is 0.0672. The second-order valence-corrected chi connectivity index (χ2v) is 5.18. The number of nitrogens with zero attached hydrogens (tertiary/aromatic N) is 1. The Morgan fingerprint density at radius 1 is 1.25 bits per heavy atom. The molecule has 0 bridgehead atoms. The van der Waals surface area contributed by atoms with Crippen molar-refractivity contribution in [2.75, 3.05) is 11.9 Å². The van der Waals surface area contributed by atoms with Crippen molar-refractivity contribution in [3.63, 3.8) is 0 Å². The zero-order valence-corrected chi connectivity index (χ0v) is 12.5. The molecule has 2 aromatic rings. The first-order chi connectivity index (χ1) is 9.72. The van der Waals surface area contributed by atoms with Gasteiger partial charge in [-0.2, -0.15) is 0 Å². The molecular weight excluding hydrogens is 272 g/mol. The van der Waals surface area contributed by atoms with Crippen LogP contribution < -0.4 is 10.1 Å². The highest BCUT2D eigenvalue weighted by Gasteiger charge is 2.10. The Balaban J connectivity index is 2.26. The summed E-state index contributed by atoms with van der Waals surface area (Å²) >= 11 is 6.21. The van der Waals surface area contributed by atoms with Gasteiger partial charge in [0.25, 0.3) is 0 Å². The van der Waals surface area contributed by atoms with Crippen LogP contribution in [0.4, 0.5) is 11.5 Å². The highest BCUT2D eigenvalue weighted by molar-refractivity contribution is 6.21. The molecular formula is C16H19ClN2O. The van der Waals surface area contributed by atoms with Gasteiger partial charge in [-0.3, -0.25) is 0 Å². The van der Waals surface area contributed by atoms with Crippen molar-refractivity contribution < 1.29 is 4.74 Å². The van der Waals surface area contributed by atoms with Crippen molar-refractivity contribution in [3.8, 4) is 5.75 Å². The molecule has 20 heavy (non-hydrogen) atoms. The van der Waals surface area contributed by atoms with Gasteiger partial charge in [0.1, 0.15) is 0 Å². The molecule has 1 N–H and O–H groups in total. The van der Waals surface area contributed by atoms with E-state index in [1.807, 2.05) is 43.3 Å². The molecule has 106 valence electrons. The molecule has 0 spiro atoms. The third-order valence-corrected chi connectivity index (χ3v) is 3.11. The number of hydrogen-bond donors (Lipinski definition) is 1. The summed E-state index contributed by atoms with van der Waals surface area (Å²) < 4.78 is 5.70. The van der Waals surface area contributed by atoms with E-state index in [2.05, 4.69) is 17.2 Å². The highest BCUT2D eigenvalue weighted by Crippen LogP contribution is 2.31. The lowest BCUT2D eigenvalue weighted by Gasteiger charge is -2.15. The largest absolute Gasteiger partial charge is 0.490 e. The van der Waals surface area contributed by atoms with Gasteiger partial charge in [-0.1, -0.05) is 25.1 Å². The zero-order valence-electron chi connectivity index (χ0n) is 11.8. The summed E-state index contributed by atoms with van der Waals surface area (Å²) in [6, 6.07) is 11.7.